The minimum Gasteiger partial charge on any atom is -0.374 e. The molecule has 0 bridgehead atoms. The normalized spacial score (nSPS) is 21.8. The summed E-state index contributed by atoms with van der Waals surface area (Å²) in [4.78, 5) is 0. The molecule has 1 heterocycles. The van der Waals surface area contributed by atoms with Crippen molar-refractivity contribution in [3.8, 4) is 0 Å². The van der Waals surface area contributed by atoms with E-state index in [4.69, 9.17) is 18.9 Å². The highest BCUT2D eigenvalue weighted by Gasteiger charge is 2.40. The fourth-order valence-corrected chi connectivity index (χ4v) is 5.17. The molecule has 4 rings (SSSR count). The second-order valence-electron chi connectivity index (χ2n) is 9.20. The highest BCUT2D eigenvalue weighted by molar-refractivity contribution is 7.99. The van der Waals surface area contributed by atoms with Gasteiger partial charge in [0.2, 0.25) is 0 Å². The van der Waals surface area contributed by atoms with Crippen LogP contribution in [0.5, 0.6) is 0 Å². The van der Waals surface area contributed by atoms with Gasteiger partial charge in [0.25, 0.3) is 0 Å². The van der Waals surface area contributed by atoms with Crippen LogP contribution in [0.1, 0.15) is 30.0 Å². The van der Waals surface area contributed by atoms with E-state index in [0.717, 1.165) is 34.4 Å². The van der Waals surface area contributed by atoms with Crippen LogP contribution in [0.25, 0.3) is 0 Å². The molecule has 4 atom stereocenters. The molecule has 0 aromatic heterocycles. The summed E-state index contributed by atoms with van der Waals surface area (Å²) in [6.07, 6.45) is 0.149. The van der Waals surface area contributed by atoms with Crippen molar-refractivity contribution in [2.24, 2.45) is 0 Å². The van der Waals surface area contributed by atoms with E-state index in [9.17, 15) is 0 Å². The molecule has 0 radical (unpaired) electrons. The third-order valence-electron chi connectivity index (χ3n) is 5.99. The fraction of sp³-hybridized carbons (Fsp3) is 0.355. The Morgan fingerprint density at radius 2 is 1.33 bits per heavy atom. The van der Waals surface area contributed by atoms with Crippen LogP contribution in [0.15, 0.2) is 103 Å². The topological polar surface area (TPSA) is 36.9 Å². The average molecular weight is 505 g/mol. The summed E-state index contributed by atoms with van der Waals surface area (Å²) < 4.78 is 25.7. The number of hydrogen-bond acceptors (Lipinski definition) is 5. The number of hydrogen-bond donors (Lipinski definition) is 0. The van der Waals surface area contributed by atoms with Crippen LogP contribution in [-0.4, -0.2) is 36.1 Å². The molecule has 190 valence electrons. The largest absolute Gasteiger partial charge is 0.374 e. The molecule has 3 aromatic carbocycles. The Morgan fingerprint density at radius 3 is 1.89 bits per heavy atom. The highest BCUT2D eigenvalue weighted by atomic mass is 32.2. The van der Waals surface area contributed by atoms with Crippen LogP contribution in [0.2, 0.25) is 0 Å². The van der Waals surface area contributed by atoms with Crippen molar-refractivity contribution in [2.75, 3.05) is 12.4 Å². The van der Waals surface area contributed by atoms with Gasteiger partial charge in [-0.15, -0.1) is 11.8 Å². The lowest BCUT2D eigenvalue weighted by molar-refractivity contribution is -0.204. The summed E-state index contributed by atoms with van der Waals surface area (Å²) in [6.45, 7) is 8.10. The Bertz CT molecular complexity index is 1030. The van der Waals surface area contributed by atoms with Gasteiger partial charge in [-0.25, -0.2) is 0 Å². The quantitative estimate of drug-likeness (QED) is 0.239. The summed E-state index contributed by atoms with van der Waals surface area (Å²) in [7, 11) is 0. The van der Waals surface area contributed by atoms with Gasteiger partial charge >= 0.3 is 0 Å². The SMILES string of the molecule is C=C(C)CSC1CC(OCc2ccccc2)C(OCc2ccccc2)C(COCc2ccccc2)O1. The molecule has 1 aliphatic heterocycles. The molecule has 1 fully saturated rings. The Kier molecular flexibility index (Phi) is 10.6. The van der Waals surface area contributed by atoms with E-state index in [-0.39, 0.29) is 23.7 Å². The lowest BCUT2D eigenvalue weighted by Crippen LogP contribution is -2.51. The van der Waals surface area contributed by atoms with Crippen molar-refractivity contribution in [3.63, 3.8) is 0 Å². The summed E-state index contributed by atoms with van der Waals surface area (Å²) >= 11 is 1.77. The summed E-state index contributed by atoms with van der Waals surface area (Å²) in [6, 6.07) is 30.7. The average Bonchev–Trinajstić information content (AvgIpc) is 2.92. The van der Waals surface area contributed by atoms with Crippen LogP contribution in [0.4, 0.5) is 0 Å². The maximum atomic E-state index is 6.55. The standard InChI is InChI=1S/C31H36O4S/c1-24(2)23-36-30-18-28(33-20-26-14-8-4-9-15-26)31(34-21-27-16-10-5-11-17-27)29(35-30)22-32-19-25-12-6-3-7-13-25/h3-17,28-31H,1,18-23H2,2H3. The van der Waals surface area contributed by atoms with Crippen molar-refractivity contribution < 1.29 is 18.9 Å². The minimum atomic E-state index is -0.244. The second-order valence-corrected chi connectivity index (χ2v) is 10.4. The Labute approximate surface area is 219 Å². The van der Waals surface area contributed by atoms with Crippen molar-refractivity contribution in [3.05, 3.63) is 120 Å². The maximum absolute atomic E-state index is 6.55. The lowest BCUT2D eigenvalue weighted by atomic mass is 10.0. The van der Waals surface area contributed by atoms with Gasteiger partial charge in [0.05, 0.1) is 32.5 Å². The van der Waals surface area contributed by atoms with Crippen LogP contribution >= 0.6 is 11.8 Å². The first-order chi connectivity index (χ1) is 17.7. The van der Waals surface area contributed by atoms with E-state index in [0.29, 0.717) is 26.4 Å². The van der Waals surface area contributed by atoms with Crippen molar-refractivity contribution in [1.29, 1.82) is 0 Å². The highest BCUT2D eigenvalue weighted by Crippen LogP contribution is 2.33. The molecular weight excluding hydrogens is 468 g/mol. The fourth-order valence-electron chi connectivity index (χ4n) is 4.16. The Morgan fingerprint density at radius 1 is 0.806 bits per heavy atom. The zero-order chi connectivity index (χ0) is 25.0. The third kappa shape index (κ3) is 8.61. The molecule has 36 heavy (non-hydrogen) atoms. The number of ether oxygens (including phenoxy) is 4. The molecular formula is C31H36O4S. The zero-order valence-electron chi connectivity index (χ0n) is 21.0. The first kappa shape index (κ1) is 26.6. The van der Waals surface area contributed by atoms with Crippen LogP contribution in [0.3, 0.4) is 0 Å². The molecule has 0 spiro atoms. The maximum Gasteiger partial charge on any atom is 0.113 e. The molecule has 4 unspecified atom stereocenters. The van der Waals surface area contributed by atoms with E-state index >= 15 is 0 Å². The van der Waals surface area contributed by atoms with Crippen molar-refractivity contribution >= 4 is 11.8 Å². The van der Waals surface area contributed by atoms with Crippen LogP contribution in [-0.2, 0) is 38.8 Å². The molecule has 1 aliphatic rings. The Balaban J connectivity index is 1.47. The lowest BCUT2D eigenvalue weighted by Gasteiger charge is -2.41. The third-order valence-corrected chi connectivity index (χ3v) is 7.32. The molecule has 4 nitrogen and oxygen atoms in total. The van der Waals surface area contributed by atoms with Crippen molar-refractivity contribution in [2.45, 2.75) is 56.9 Å². The van der Waals surface area contributed by atoms with Crippen LogP contribution in [0, 0.1) is 0 Å². The smallest absolute Gasteiger partial charge is 0.113 e. The number of benzene rings is 3. The summed E-state index contributed by atoms with van der Waals surface area (Å²) in [5.41, 5.74) is 4.53. The molecule has 5 heteroatoms. The predicted molar refractivity (Wildman–Crippen MR) is 147 cm³/mol. The monoisotopic (exact) mass is 504 g/mol. The van der Waals surface area contributed by atoms with Crippen molar-refractivity contribution in [1.82, 2.24) is 0 Å². The zero-order valence-corrected chi connectivity index (χ0v) is 21.8. The summed E-state index contributed by atoms with van der Waals surface area (Å²) in [5, 5.41) is 0. The molecule has 0 aliphatic carbocycles. The predicted octanol–water partition coefficient (Wildman–Crippen LogP) is 6.80. The molecule has 0 saturated carbocycles. The van der Waals surface area contributed by atoms with Gasteiger partial charge in [-0.05, 0) is 23.6 Å². The van der Waals surface area contributed by atoms with Gasteiger partial charge in [0, 0.05) is 12.2 Å². The van der Waals surface area contributed by atoms with E-state index < -0.39 is 0 Å². The van der Waals surface area contributed by atoms with Gasteiger partial charge < -0.3 is 18.9 Å². The minimum absolute atomic E-state index is 0.00984. The molecule has 1 saturated heterocycles. The summed E-state index contributed by atoms with van der Waals surface area (Å²) in [5.74, 6) is 0.850. The van der Waals surface area contributed by atoms with Gasteiger partial charge in [0.1, 0.15) is 17.6 Å². The molecule has 0 N–H and O–H groups in total. The second kappa shape index (κ2) is 14.4. The first-order valence-corrected chi connectivity index (χ1v) is 13.6. The van der Waals surface area contributed by atoms with E-state index in [1.54, 1.807) is 11.8 Å². The molecule has 3 aromatic rings. The first-order valence-electron chi connectivity index (χ1n) is 12.5. The van der Waals surface area contributed by atoms with E-state index in [1.807, 2.05) is 61.5 Å². The van der Waals surface area contributed by atoms with Gasteiger partial charge in [-0.2, -0.15) is 0 Å². The van der Waals surface area contributed by atoms with Gasteiger partial charge in [-0.1, -0.05) is 103 Å². The van der Waals surface area contributed by atoms with Gasteiger partial charge in [0.15, 0.2) is 0 Å². The number of rotatable bonds is 13. The van der Waals surface area contributed by atoms with Crippen LogP contribution < -0.4 is 0 Å². The Hall–Kier alpha value is -2.41. The molecule has 0 amide bonds. The van der Waals surface area contributed by atoms with E-state index in [2.05, 4.69) is 43.0 Å². The van der Waals surface area contributed by atoms with E-state index in [1.165, 1.54) is 0 Å². The number of thioether (sulfide) groups is 1. The van der Waals surface area contributed by atoms with Gasteiger partial charge in [-0.3, -0.25) is 0 Å².